The fraction of sp³-hybridized carbons (Fsp3) is 0.667. The van der Waals surface area contributed by atoms with Gasteiger partial charge in [0.25, 0.3) is 0 Å². The third-order valence-electron chi connectivity index (χ3n) is 4.21. The zero-order valence-electron chi connectivity index (χ0n) is 10.1. The molecule has 0 aromatic carbocycles. The first-order valence-corrected chi connectivity index (χ1v) is 9.19. The van der Waals surface area contributed by atoms with Crippen molar-refractivity contribution >= 4 is 0 Å². The van der Waals surface area contributed by atoms with Crippen LogP contribution in [0.15, 0.2) is 12.4 Å². The molecule has 94 valence electrons. The van der Waals surface area contributed by atoms with Crippen molar-refractivity contribution in [2.45, 2.75) is 30.7 Å². The van der Waals surface area contributed by atoms with Crippen LogP contribution in [0.1, 0.15) is 24.2 Å². The van der Waals surface area contributed by atoms with E-state index in [9.17, 15) is 0 Å². The van der Waals surface area contributed by atoms with Crippen LogP contribution in [0.2, 0.25) is 0 Å². The summed E-state index contributed by atoms with van der Waals surface area (Å²) < 4.78 is 2.60. The van der Waals surface area contributed by atoms with E-state index in [1.54, 1.807) is 6.20 Å². The summed E-state index contributed by atoms with van der Waals surface area (Å²) in [5, 5.41) is 0. The van der Waals surface area contributed by atoms with Gasteiger partial charge in [-0.05, 0) is 0 Å². The number of nitrogens with zero attached hydrogens (tertiary/aromatic N) is 3. The normalized spacial score (nSPS) is 27.5. The second-order valence-corrected chi connectivity index (χ2v) is 7.23. The molecule has 0 radical (unpaired) electrons. The van der Waals surface area contributed by atoms with Gasteiger partial charge >= 0.3 is 113 Å². The Balaban J connectivity index is 1.93. The second-order valence-electron chi connectivity index (χ2n) is 4.90. The average molecular weight is 345 g/mol. The van der Waals surface area contributed by atoms with Crippen molar-refractivity contribution in [3.8, 4) is 0 Å². The molecule has 0 unspecified atom stereocenters. The van der Waals surface area contributed by atoms with Crippen molar-refractivity contribution in [2.75, 3.05) is 18.0 Å². The van der Waals surface area contributed by atoms with Gasteiger partial charge in [0.05, 0.1) is 0 Å². The Morgan fingerprint density at radius 2 is 2.06 bits per heavy atom. The molecule has 0 amide bonds. The van der Waals surface area contributed by atoms with Crippen molar-refractivity contribution in [1.29, 1.82) is 0 Å². The summed E-state index contributed by atoms with van der Waals surface area (Å²) in [5.74, 6) is 0. The first-order chi connectivity index (χ1) is 8.26. The predicted octanol–water partition coefficient (Wildman–Crippen LogP) is -2.67. The number of alkyl halides is 1. The van der Waals surface area contributed by atoms with Gasteiger partial charge in [-0.3, -0.25) is 0 Å². The molecule has 1 spiro atoms. The van der Waals surface area contributed by atoms with Gasteiger partial charge in [0.15, 0.2) is 0 Å². The summed E-state index contributed by atoms with van der Waals surface area (Å²) in [4.78, 5) is 11.4. The third-order valence-corrected chi connectivity index (χ3v) is 6.54. The molecule has 2 N–H and O–H groups in total. The molecule has 2 heterocycles. The number of rotatable bonds is 1. The SMILES string of the molecule is C[I-]N1CCC2(CC1)c1nccnc1C[C@H]2N. The van der Waals surface area contributed by atoms with Crippen molar-refractivity contribution < 1.29 is 21.5 Å². The van der Waals surface area contributed by atoms with E-state index in [-0.39, 0.29) is 32.9 Å². The Kier molecular flexibility index (Phi) is 3.08. The summed E-state index contributed by atoms with van der Waals surface area (Å²) in [6.07, 6.45) is 6.83. The van der Waals surface area contributed by atoms with Crippen LogP contribution in [-0.2, 0) is 11.8 Å². The van der Waals surface area contributed by atoms with Crippen molar-refractivity contribution in [3.63, 3.8) is 0 Å². The van der Waals surface area contributed by atoms with Gasteiger partial charge in [0, 0.05) is 0 Å². The van der Waals surface area contributed by atoms with E-state index in [1.165, 1.54) is 18.8 Å². The Labute approximate surface area is 113 Å². The third kappa shape index (κ3) is 1.79. The van der Waals surface area contributed by atoms with E-state index in [2.05, 4.69) is 18.0 Å². The van der Waals surface area contributed by atoms with E-state index in [1.807, 2.05) is 6.20 Å². The van der Waals surface area contributed by atoms with Crippen LogP contribution in [0.3, 0.4) is 0 Å². The second kappa shape index (κ2) is 4.44. The van der Waals surface area contributed by atoms with Crippen molar-refractivity contribution in [1.82, 2.24) is 13.1 Å². The minimum atomic E-state index is 0.124. The van der Waals surface area contributed by atoms with Crippen LogP contribution in [0.25, 0.3) is 0 Å². The molecular weight excluding hydrogens is 327 g/mol. The summed E-state index contributed by atoms with van der Waals surface area (Å²) in [7, 11) is 0. The van der Waals surface area contributed by atoms with Crippen LogP contribution in [0.4, 0.5) is 0 Å². The van der Waals surface area contributed by atoms with E-state index < -0.39 is 0 Å². The van der Waals surface area contributed by atoms with Gasteiger partial charge in [-0.2, -0.15) is 0 Å². The first kappa shape index (κ1) is 11.8. The molecule has 17 heavy (non-hydrogen) atoms. The molecule has 1 aromatic heterocycles. The fourth-order valence-corrected chi connectivity index (χ4v) is 4.61. The quantitative estimate of drug-likeness (QED) is 0.343. The first-order valence-electron chi connectivity index (χ1n) is 6.07. The van der Waals surface area contributed by atoms with Crippen LogP contribution >= 0.6 is 0 Å². The topological polar surface area (TPSA) is 55.0 Å². The van der Waals surface area contributed by atoms with Gasteiger partial charge in [-0.25, -0.2) is 0 Å². The summed E-state index contributed by atoms with van der Waals surface area (Å²) in [5.41, 5.74) is 8.85. The summed E-state index contributed by atoms with van der Waals surface area (Å²) in [6, 6.07) is 0.220. The summed E-state index contributed by atoms with van der Waals surface area (Å²) in [6.45, 7) is 2.38. The Morgan fingerprint density at radius 3 is 2.76 bits per heavy atom. The molecule has 0 saturated carbocycles. The van der Waals surface area contributed by atoms with Crippen molar-refractivity contribution in [2.24, 2.45) is 5.73 Å². The van der Waals surface area contributed by atoms with Crippen LogP contribution < -0.4 is 27.2 Å². The molecule has 5 heteroatoms. The minimum absolute atomic E-state index is 0.124. The molecule has 1 aliphatic carbocycles. The number of hydrogen-bond acceptors (Lipinski definition) is 4. The number of nitrogens with two attached hydrogens (primary N) is 1. The molecule has 4 nitrogen and oxygen atoms in total. The van der Waals surface area contributed by atoms with E-state index in [0.717, 1.165) is 25.0 Å². The molecule has 1 aliphatic heterocycles. The number of aromatic nitrogens is 2. The Hall–Kier alpha value is -0.270. The Bertz CT molecular complexity index is 415. The van der Waals surface area contributed by atoms with E-state index >= 15 is 0 Å². The predicted molar refractivity (Wildman–Crippen MR) is 62.1 cm³/mol. The van der Waals surface area contributed by atoms with Gasteiger partial charge < -0.3 is 0 Å². The molecule has 1 aromatic rings. The molecule has 1 saturated heterocycles. The van der Waals surface area contributed by atoms with Gasteiger partial charge in [-0.15, -0.1) is 0 Å². The van der Waals surface area contributed by atoms with Gasteiger partial charge in [0.2, 0.25) is 0 Å². The van der Waals surface area contributed by atoms with E-state index in [0.29, 0.717) is 0 Å². The fourth-order valence-electron chi connectivity index (χ4n) is 3.17. The van der Waals surface area contributed by atoms with Crippen LogP contribution in [0.5, 0.6) is 0 Å². The molecule has 1 fully saturated rings. The maximum atomic E-state index is 6.39. The molecular formula is C12H18IN4-. The Morgan fingerprint density at radius 1 is 1.35 bits per heavy atom. The number of hydrogen-bond donors (Lipinski definition) is 1. The van der Waals surface area contributed by atoms with E-state index in [4.69, 9.17) is 5.73 Å². The number of piperidine rings is 1. The zero-order chi connectivity index (χ0) is 11.9. The maximum absolute atomic E-state index is 6.39. The van der Waals surface area contributed by atoms with Crippen molar-refractivity contribution in [3.05, 3.63) is 23.8 Å². The molecule has 0 bridgehead atoms. The number of fused-ring (bicyclic) bond motifs is 2. The van der Waals surface area contributed by atoms with Gasteiger partial charge in [0.1, 0.15) is 0 Å². The standard InChI is InChI=1S/C12H18IN4/c1-13-17-6-2-12(3-7-17)10(14)8-9-11(12)16-5-4-15-9/h4-5,10H,2-3,6-8,14H2,1H3/q-1/t10-/m1/s1. The monoisotopic (exact) mass is 345 g/mol. The molecule has 2 aliphatic rings. The van der Waals surface area contributed by atoms with Gasteiger partial charge in [-0.1, -0.05) is 0 Å². The van der Waals surface area contributed by atoms with Crippen LogP contribution in [0, 0.1) is 0 Å². The van der Waals surface area contributed by atoms with Crippen LogP contribution in [-0.4, -0.2) is 37.1 Å². The average Bonchev–Trinajstić information content (AvgIpc) is 2.64. The molecule has 3 rings (SSSR count). The molecule has 1 atom stereocenters. The zero-order valence-corrected chi connectivity index (χ0v) is 12.2. The number of halogens is 1. The summed E-state index contributed by atoms with van der Waals surface area (Å²) >= 11 is 0.228.